The Morgan fingerprint density at radius 2 is 1.38 bits per heavy atom. The standard InChI is InChI=1S/C9H14O4/c1-5(7(10)11)6(8(12)13)9(2,3)4/h1-4H3,(H,10,11)(H,12,13)/b6-5+. The lowest BCUT2D eigenvalue weighted by molar-refractivity contribution is -0.136. The van der Waals surface area contributed by atoms with Crippen molar-refractivity contribution in [1.29, 1.82) is 0 Å². The van der Waals surface area contributed by atoms with E-state index in [0.29, 0.717) is 0 Å². The van der Waals surface area contributed by atoms with Crippen molar-refractivity contribution < 1.29 is 19.8 Å². The van der Waals surface area contributed by atoms with E-state index in [4.69, 9.17) is 10.2 Å². The molecule has 0 heterocycles. The molecule has 4 nitrogen and oxygen atoms in total. The van der Waals surface area contributed by atoms with Crippen LogP contribution in [0.2, 0.25) is 0 Å². The van der Waals surface area contributed by atoms with Gasteiger partial charge in [-0.05, 0) is 12.3 Å². The van der Waals surface area contributed by atoms with Crippen molar-refractivity contribution >= 4 is 11.9 Å². The summed E-state index contributed by atoms with van der Waals surface area (Å²) >= 11 is 0. The van der Waals surface area contributed by atoms with Crippen LogP contribution in [0.25, 0.3) is 0 Å². The Morgan fingerprint density at radius 3 is 1.46 bits per heavy atom. The molecular weight excluding hydrogens is 172 g/mol. The van der Waals surface area contributed by atoms with Gasteiger partial charge in [-0.2, -0.15) is 0 Å². The minimum Gasteiger partial charge on any atom is -0.478 e. The van der Waals surface area contributed by atoms with E-state index in [1.165, 1.54) is 6.92 Å². The van der Waals surface area contributed by atoms with Crippen LogP contribution in [0.15, 0.2) is 11.1 Å². The predicted octanol–water partition coefficient (Wildman–Crippen LogP) is 1.52. The topological polar surface area (TPSA) is 74.6 Å². The highest BCUT2D eigenvalue weighted by Gasteiger charge is 2.27. The van der Waals surface area contributed by atoms with Crippen molar-refractivity contribution in [3.8, 4) is 0 Å². The first-order valence-electron chi connectivity index (χ1n) is 3.86. The molecule has 74 valence electrons. The van der Waals surface area contributed by atoms with E-state index in [1.54, 1.807) is 20.8 Å². The zero-order valence-corrected chi connectivity index (χ0v) is 8.21. The van der Waals surface area contributed by atoms with Crippen molar-refractivity contribution in [3.63, 3.8) is 0 Å². The van der Waals surface area contributed by atoms with Crippen LogP contribution >= 0.6 is 0 Å². The summed E-state index contributed by atoms with van der Waals surface area (Å²) in [6.45, 7) is 6.31. The molecule has 0 aromatic rings. The van der Waals surface area contributed by atoms with Gasteiger partial charge in [0.25, 0.3) is 0 Å². The SMILES string of the molecule is C/C(C(=O)O)=C(/C(=O)O)C(C)(C)C. The van der Waals surface area contributed by atoms with Crippen LogP contribution in [0.4, 0.5) is 0 Å². The number of carboxylic acids is 2. The van der Waals surface area contributed by atoms with E-state index < -0.39 is 17.4 Å². The number of rotatable bonds is 2. The number of hydrogen-bond donors (Lipinski definition) is 2. The van der Waals surface area contributed by atoms with Crippen molar-refractivity contribution in [2.75, 3.05) is 0 Å². The predicted molar refractivity (Wildman–Crippen MR) is 47.4 cm³/mol. The lowest BCUT2D eigenvalue weighted by Gasteiger charge is -2.20. The summed E-state index contributed by atoms with van der Waals surface area (Å²) in [5.41, 5.74) is -0.825. The summed E-state index contributed by atoms with van der Waals surface area (Å²) in [4.78, 5) is 21.3. The van der Waals surface area contributed by atoms with E-state index >= 15 is 0 Å². The molecule has 0 spiro atoms. The second-order valence-corrected chi connectivity index (χ2v) is 3.86. The third-order valence-electron chi connectivity index (χ3n) is 1.66. The summed E-state index contributed by atoms with van der Waals surface area (Å²) in [5.74, 6) is -2.36. The molecule has 0 bridgehead atoms. The largest absolute Gasteiger partial charge is 0.478 e. The van der Waals surface area contributed by atoms with Crippen LogP contribution in [0.1, 0.15) is 27.7 Å². The van der Waals surface area contributed by atoms with Gasteiger partial charge in [-0.3, -0.25) is 0 Å². The lowest BCUT2D eigenvalue weighted by atomic mass is 9.83. The molecule has 0 aromatic carbocycles. The average molecular weight is 186 g/mol. The molecular formula is C9H14O4. The maximum Gasteiger partial charge on any atom is 0.332 e. The fraction of sp³-hybridized carbons (Fsp3) is 0.556. The van der Waals surface area contributed by atoms with E-state index in [0.717, 1.165) is 0 Å². The third kappa shape index (κ3) is 2.89. The molecule has 0 saturated carbocycles. The van der Waals surface area contributed by atoms with Gasteiger partial charge < -0.3 is 10.2 Å². The smallest absolute Gasteiger partial charge is 0.332 e. The number of carboxylic acid groups (broad SMARTS) is 2. The van der Waals surface area contributed by atoms with Gasteiger partial charge in [0.2, 0.25) is 0 Å². The maximum absolute atomic E-state index is 10.8. The minimum absolute atomic E-state index is 0.0556. The Kier molecular flexibility index (Phi) is 3.23. The van der Waals surface area contributed by atoms with Gasteiger partial charge in [0, 0.05) is 5.57 Å². The monoisotopic (exact) mass is 186 g/mol. The van der Waals surface area contributed by atoms with Crippen LogP contribution in [0, 0.1) is 5.41 Å². The van der Waals surface area contributed by atoms with E-state index in [-0.39, 0.29) is 11.1 Å². The highest BCUT2D eigenvalue weighted by atomic mass is 16.4. The molecule has 0 fully saturated rings. The van der Waals surface area contributed by atoms with Crippen LogP contribution in [-0.4, -0.2) is 22.2 Å². The Hall–Kier alpha value is -1.32. The maximum atomic E-state index is 10.8. The molecule has 13 heavy (non-hydrogen) atoms. The van der Waals surface area contributed by atoms with Crippen LogP contribution in [0.3, 0.4) is 0 Å². The summed E-state index contributed by atoms with van der Waals surface area (Å²) in [5, 5.41) is 17.5. The van der Waals surface area contributed by atoms with Crippen LogP contribution in [-0.2, 0) is 9.59 Å². The second-order valence-electron chi connectivity index (χ2n) is 3.86. The summed E-state index contributed by atoms with van der Waals surface area (Å²) in [7, 11) is 0. The lowest BCUT2D eigenvalue weighted by Crippen LogP contribution is -2.21. The number of hydrogen-bond acceptors (Lipinski definition) is 2. The molecule has 0 atom stereocenters. The van der Waals surface area contributed by atoms with Crippen LogP contribution in [0.5, 0.6) is 0 Å². The molecule has 0 radical (unpaired) electrons. The van der Waals surface area contributed by atoms with Crippen molar-refractivity contribution in [1.82, 2.24) is 0 Å². The molecule has 0 aliphatic carbocycles. The van der Waals surface area contributed by atoms with Gasteiger partial charge in [-0.1, -0.05) is 20.8 Å². The van der Waals surface area contributed by atoms with Crippen LogP contribution < -0.4 is 0 Å². The molecule has 0 aliphatic rings. The van der Waals surface area contributed by atoms with Crippen molar-refractivity contribution in [2.24, 2.45) is 5.41 Å². The second kappa shape index (κ2) is 3.60. The molecule has 4 heteroatoms. The molecule has 0 saturated heterocycles. The number of carbonyl (C=O) groups is 2. The van der Waals surface area contributed by atoms with Gasteiger partial charge in [0.1, 0.15) is 0 Å². The van der Waals surface area contributed by atoms with Gasteiger partial charge in [0.15, 0.2) is 0 Å². The normalized spacial score (nSPS) is 13.5. The number of aliphatic carboxylic acids is 2. The minimum atomic E-state index is -1.19. The molecule has 2 N–H and O–H groups in total. The molecule has 0 aromatic heterocycles. The first-order chi connectivity index (χ1) is 5.68. The first-order valence-corrected chi connectivity index (χ1v) is 3.86. The summed E-state index contributed by atoms with van der Waals surface area (Å²) in [6.07, 6.45) is 0. The third-order valence-corrected chi connectivity index (χ3v) is 1.66. The quantitative estimate of drug-likeness (QED) is 0.641. The van der Waals surface area contributed by atoms with Gasteiger partial charge in [0.05, 0.1) is 5.57 Å². The van der Waals surface area contributed by atoms with E-state index in [2.05, 4.69) is 0 Å². The highest BCUT2D eigenvalue weighted by molar-refractivity contribution is 5.99. The van der Waals surface area contributed by atoms with Gasteiger partial charge in [-0.25, -0.2) is 9.59 Å². The molecule has 0 rings (SSSR count). The van der Waals surface area contributed by atoms with Gasteiger partial charge >= 0.3 is 11.9 Å². The van der Waals surface area contributed by atoms with Gasteiger partial charge in [-0.15, -0.1) is 0 Å². The fourth-order valence-electron chi connectivity index (χ4n) is 1.15. The summed E-state index contributed by atoms with van der Waals surface area (Å²) < 4.78 is 0. The van der Waals surface area contributed by atoms with E-state index in [1.807, 2.05) is 0 Å². The van der Waals surface area contributed by atoms with Crippen molar-refractivity contribution in [2.45, 2.75) is 27.7 Å². The zero-order chi connectivity index (χ0) is 10.8. The average Bonchev–Trinajstić information content (AvgIpc) is 1.82. The Balaban J connectivity index is 5.40. The molecule has 0 aliphatic heterocycles. The Morgan fingerprint density at radius 1 is 1.00 bits per heavy atom. The first kappa shape index (κ1) is 11.7. The Labute approximate surface area is 76.9 Å². The Bertz CT molecular complexity index is 268. The van der Waals surface area contributed by atoms with E-state index in [9.17, 15) is 9.59 Å². The highest BCUT2D eigenvalue weighted by Crippen LogP contribution is 2.28. The fourth-order valence-corrected chi connectivity index (χ4v) is 1.15. The molecule has 0 amide bonds. The van der Waals surface area contributed by atoms with Crippen molar-refractivity contribution in [3.05, 3.63) is 11.1 Å². The summed E-state index contributed by atoms with van der Waals surface area (Å²) in [6, 6.07) is 0. The molecule has 0 unspecified atom stereocenters. The zero-order valence-electron chi connectivity index (χ0n) is 8.21.